The molecule has 0 atom stereocenters. The van der Waals surface area contributed by atoms with Crippen LogP contribution < -0.4 is 4.74 Å². The number of aryl methyl sites for hydroxylation is 1. The lowest BCUT2D eigenvalue weighted by molar-refractivity contribution is 0.104. The first-order valence-corrected chi connectivity index (χ1v) is 7.28. The van der Waals surface area contributed by atoms with E-state index in [-0.39, 0.29) is 17.0 Å². The van der Waals surface area contributed by atoms with Gasteiger partial charge in [-0.3, -0.25) is 4.79 Å². The van der Waals surface area contributed by atoms with Gasteiger partial charge in [-0.1, -0.05) is 30.3 Å². The van der Waals surface area contributed by atoms with Crippen molar-refractivity contribution in [1.29, 1.82) is 5.26 Å². The number of benzene rings is 2. The Labute approximate surface area is 139 Å². The molecule has 0 aromatic heterocycles. The molecule has 1 aliphatic rings. The summed E-state index contributed by atoms with van der Waals surface area (Å²) >= 11 is 0. The number of Topliss-reactive ketones (excluding diaryl/α,β-unsaturated/α-hetero) is 1. The van der Waals surface area contributed by atoms with Crippen LogP contribution in [-0.4, -0.2) is 23.7 Å². The van der Waals surface area contributed by atoms with Gasteiger partial charge in [0.1, 0.15) is 28.8 Å². The molecule has 0 unspecified atom stereocenters. The van der Waals surface area contributed by atoms with Crippen LogP contribution in [0.4, 0.5) is 5.69 Å². The smallest absolute Gasteiger partial charge is 0.200 e. The molecule has 0 spiro atoms. The van der Waals surface area contributed by atoms with Gasteiger partial charge in [0.05, 0.1) is 7.11 Å². The fraction of sp³-hybridized carbons (Fsp3) is 0.105. The number of methoxy groups -OCH3 is 1. The van der Waals surface area contributed by atoms with Gasteiger partial charge in [-0.25, -0.2) is 4.99 Å². The van der Waals surface area contributed by atoms with E-state index in [2.05, 4.69) is 4.99 Å². The third-order valence-corrected chi connectivity index (χ3v) is 3.80. The number of rotatable bonds is 3. The first kappa shape index (κ1) is 15.5. The molecular weight excluding hydrogens is 304 g/mol. The predicted octanol–water partition coefficient (Wildman–Crippen LogP) is 3.77. The number of ketones is 1. The van der Waals surface area contributed by atoms with Crippen molar-refractivity contribution in [2.45, 2.75) is 6.92 Å². The van der Waals surface area contributed by atoms with Crippen LogP contribution in [0.5, 0.6) is 5.75 Å². The van der Waals surface area contributed by atoms with Crippen LogP contribution in [0.15, 0.2) is 53.0 Å². The number of ether oxygens (including phenoxy) is 1. The number of aliphatic hydroxyl groups excluding tert-OH is 1. The van der Waals surface area contributed by atoms with Crippen molar-refractivity contribution in [2.24, 2.45) is 4.99 Å². The normalized spacial score (nSPS) is 13.7. The molecule has 0 bridgehead atoms. The molecule has 0 saturated carbocycles. The van der Waals surface area contributed by atoms with E-state index in [9.17, 15) is 15.2 Å². The van der Waals surface area contributed by atoms with Crippen molar-refractivity contribution in [3.8, 4) is 11.8 Å². The Kier molecular flexibility index (Phi) is 3.88. The Bertz CT molecular complexity index is 949. The molecule has 0 fully saturated rings. The molecule has 24 heavy (non-hydrogen) atoms. The fourth-order valence-corrected chi connectivity index (χ4v) is 2.63. The SMILES string of the molecule is COc1ccc(C)cc1N=C(C#N)C1=C(O)c2ccccc2C1=O. The molecular formula is C19H14N2O3. The number of aliphatic imine (C=N–C) groups is 1. The van der Waals surface area contributed by atoms with E-state index in [1.54, 1.807) is 36.4 Å². The lowest BCUT2D eigenvalue weighted by Crippen LogP contribution is -2.09. The van der Waals surface area contributed by atoms with Gasteiger partial charge in [-0.2, -0.15) is 5.26 Å². The number of carbonyl (C=O) groups excluding carboxylic acids is 1. The summed E-state index contributed by atoms with van der Waals surface area (Å²) in [7, 11) is 1.50. The lowest BCUT2D eigenvalue weighted by Gasteiger charge is -2.06. The molecule has 0 amide bonds. The van der Waals surface area contributed by atoms with Gasteiger partial charge in [0.2, 0.25) is 0 Å². The monoisotopic (exact) mass is 318 g/mol. The zero-order chi connectivity index (χ0) is 17.3. The molecule has 1 N–H and O–H groups in total. The molecule has 3 rings (SSSR count). The molecule has 0 aliphatic heterocycles. The molecule has 118 valence electrons. The summed E-state index contributed by atoms with van der Waals surface area (Å²) in [6, 6.07) is 13.9. The van der Waals surface area contributed by atoms with Gasteiger partial charge < -0.3 is 9.84 Å². The molecule has 5 heteroatoms. The maximum Gasteiger partial charge on any atom is 0.200 e. The van der Waals surface area contributed by atoms with Crippen molar-refractivity contribution < 1.29 is 14.6 Å². The Balaban J connectivity index is 2.15. The maximum absolute atomic E-state index is 12.5. The van der Waals surface area contributed by atoms with Gasteiger partial charge in [0.25, 0.3) is 0 Å². The van der Waals surface area contributed by atoms with Crippen molar-refractivity contribution in [3.05, 3.63) is 64.7 Å². The Morgan fingerprint density at radius 2 is 1.92 bits per heavy atom. The van der Waals surface area contributed by atoms with Gasteiger partial charge in [0, 0.05) is 11.1 Å². The minimum atomic E-state index is -0.407. The number of allylic oxidation sites excluding steroid dienone is 1. The van der Waals surface area contributed by atoms with Gasteiger partial charge in [-0.15, -0.1) is 0 Å². The van der Waals surface area contributed by atoms with Crippen LogP contribution >= 0.6 is 0 Å². The molecule has 1 aliphatic carbocycles. The molecule has 5 nitrogen and oxygen atoms in total. The second-order valence-electron chi connectivity index (χ2n) is 5.35. The average Bonchev–Trinajstić information content (AvgIpc) is 2.85. The van der Waals surface area contributed by atoms with E-state index in [1.807, 2.05) is 19.1 Å². The number of aliphatic hydroxyl groups is 1. The summed E-state index contributed by atoms with van der Waals surface area (Å²) in [4.78, 5) is 16.8. The highest BCUT2D eigenvalue weighted by Gasteiger charge is 2.32. The maximum atomic E-state index is 12.5. The lowest BCUT2D eigenvalue weighted by atomic mass is 10.1. The molecule has 2 aromatic rings. The first-order valence-electron chi connectivity index (χ1n) is 7.28. The van der Waals surface area contributed by atoms with Crippen LogP contribution in [0.2, 0.25) is 0 Å². The number of hydrogen-bond acceptors (Lipinski definition) is 5. The number of hydrogen-bond donors (Lipinski definition) is 1. The third kappa shape index (κ3) is 2.44. The van der Waals surface area contributed by atoms with Crippen LogP contribution in [0.1, 0.15) is 21.5 Å². The highest BCUT2D eigenvalue weighted by atomic mass is 16.5. The van der Waals surface area contributed by atoms with Gasteiger partial charge in [-0.05, 0) is 24.6 Å². The van der Waals surface area contributed by atoms with Crippen LogP contribution in [-0.2, 0) is 0 Å². The zero-order valence-electron chi connectivity index (χ0n) is 13.2. The minimum Gasteiger partial charge on any atom is -0.506 e. The van der Waals surface area contributed by atoms with E-state index < -0.39 is 5.78 Å². The summed E-state index contributed by atoms with van der Waals surface area (Å²) in [5.41, 5.74) is 1.92. The standard InChI is InChI=1S/C19H14N2O3/c1-11-7-8-16(24-2)14(9-11)21-15(10-20)17-18(22)12-5-3-4-6-13(12)19(17)23/h3-9,22H,1-2H3. The molecule has 0 saturated heterocycles. The molecule has 0 heterocycles. The number of carbonyl (C=O) groups is 1. The quantitative estimate of drug-likeness (QED) is 0.873. The Hall–Kier alpha value is -3.39. The molecule has 2 aromatic carbocycles. The summed E-state index contributed by atoms with van der Waals surface area (Å²) < 4.78 is 5.24. The fourth-order valence-electron chi connectivity index (χ4n) is 2.63. The van der Waals surface area contributed by atoms with Crippen molar-refractivity contribution in [2.75, 3.05) is 7.11 Å². The zero-order valence-corrected chi connectivity index (χ0v) is 13.2. The second kappa shape index (κ2) is 6.01. The van der Waals surface area contributed by atoms with E-state index in [4.69, 9.17) is 4.74 Å². The minimum absolute atomic E-state index is 0.0812. The number of nitrogens with zero attached hydrogens (tertiary/aromatic N) is 2. The summed E-state index contributed by atoms with van der Waals surface area (Å²) in [5.74, 6) is -0.145. The number of nitriles is 1. The largest absolute Gasteiger partial charge is 0.506 e. The van der Waals surface area contributed by atoms with Crippen molar-refractivity contribution >= 4 is 22.9 Å². The van der Waals surface area contributed by atoms with Crippen LogP contribution in [0.25, 0.3) is 5.76 Å². The Morgan fingerprint density at radius 3 is 2.54 bits per heavy atom. The second-order valence-corrected chi connectivity index (χ2v) is 5.35. The van der Waals surface area contributed by atoms with Gasteiger partial charge in [0.15, 0.2) is 11.5 Å². The summed E-state index contributed by atoms with van der Waals surface area (Å²) in [5, 5.41) is 19.8. The third-order valence-electron chi connectivity index (χ3n) is 3.80. The summed E-state index contributed by atoms with van der Waals surface area (Å²) in [6.45, 7) is 1.89. The van der Waals surface area contributed by atoms with E-state index >= 15 is 0 Å². The van der Waals surface area contributed by atoms with Crippen molar-refractivity contribution in [3.63, 3.8) is 0 Å². The first-order chi connectivity index (χ1) is 11.6. The van der Waals surface area contributed by atoms with Crippen molar-refractivity contribution in [1.82, 2.24) is 0 Å². The Morgan fingerprint density at radius 1 is 1.21 bits per heavy atom. The van der Waals surface area contributed by atoms with Gasteiger partial charge >= 0.3 is 0 Å². The predicted molar refractivity (Wildman–Crippen MR) is 90.8 cm³/mol. The average molecular weight is 318 g/mol. The highest BCUT2D eigenvalue weighted by Crippen LogP contribution is 2.34. The summed E-state index contributed by atoms with van der Waals surface area (Å²) in [6.07, 6.45) is 0. The van der Waals surface area contributed by atoms with Crippen LogP contribution in [0, 0.1) is 18.3 Å². The number of fused-ring (bicyclic) bond motifs is 1. The van der Waals surface area contributed by atoms with E-state index in [1.165, 1.54) is 7.11 Å². The van der Waals surface area contributed by atoms with Crippen LogP contribution in [0.3, 0.4) is 0 Å². The highest BCUT2D eigenvalue weighted by molar-refractivity contribution is 6.39. The van der Waals surface area contributed by atoms with E-state index in [0.717, 1.165) is 5.56 Å². The van der Waals surface area contributed by atoms with E-state index in [0.29, 0.717) is 22.6 Å². The molecule has 0 radical (unpaired) electrons. The topological polar surface area (TPSA) is 82.7 Å².